The largest absolute Gasteiger partial charge is 0.462 e. The smallest absolute Gasteiger partial charge is 0.302 e. The number of fused-ring (bicyclic) bond motifs is 2. The average molecular weight is 354 g/mol. The minimum absolute atomic E-state index is 0.0310. The average Bonchev–Trinajstić information content (AvgIpc) is 2.87. The highest BCUT2D eigenvalue weighted by Gasteiger charge is 2.52. The number of ether oxygens (including phenoxy) is 3. The Kier molecular flexibility index (Phi) is 6.68. The highest BCUT2D eigenvalue weighted by Crippen LogP contribution is 2.43. The highest BCUT2D eigenvalue weighted by atomic mass is 16.7. The summed E-state index contributed by atoms with van der Waals surface area (Å²) in [7, 11) is 0. The molecule has 2 bridgehead atoms. The summed E-state index contributed by atoms with van der Waals surface area (Å²) >= 11 is 0. The van der Waals surface area contributed by atoms with Gasteiger partial charge in [0.2, 0.25) is 0 Å². The second kappa shape index (κ2) is 8.19. The van der Waals surface area contributed by atoms with Gasteiger partial charge in [0.15, 0.2) is 5.79 Å². The minimum atomic E-state index is -1.07. The van der Waals surface area contributed by atoms with E-state index in [2.05, 4.69) is 33.8 Å². The van der Waals surface area contributed by atoms with Crippen LogP contribution in [0.25, 0.3) is 0 Å². The number of aliphatic hydroxyl groups is 1. The van der Waals surface area contributed by atoms with Crippen LogP contribution in [0.2, 0.25) is 0 Å². The van der Waals surface area contributed by atoms with Gasteiger partial charge in [-0.3, -0.25) is 4.79 Å². The first kappa shape index (κ1) is 20.4. The maximum absolute atomic E-state index is 11.4. The molecule has 0 radical (unpaired) electrons. The molecule has 5 heteroatoms. The molecule has 2 fully saturated rings. The van der Waals surface area contributed by atoms with E-state index in [0.29, 0.717) is 6.42 Å². The third kappa shape index (κ3) is 5.53. The Morgan fingerprint density at radius 1 is 1.40 bits per heavy atom. The lowest BCUT2D eigenvalue weighted by Crippen LogP contribution is -2.52. The Hall–Kier alpha value is -0.910. The molecule has 2 saturated heterocycles. The van der Waals surface area contributed by atoms with Crippen molar-refractivity contribution in [2.75, 3.05) is 6.61 Å². The molecule has 2 heterocycles. The molecule has 2 rings (SSSR count). The second-order valence-corrected chi connectivity index (χ2v) is 8.23. The quantitative estimate of drug-likeness (QED) is 0.531. The fraction of sp³-hybridized carbons (Fsp3) is 0.850. The van der Waals surface area contributed by atoms with Crippen molar-refractivity contribution in [2.24, 2.45) is 5.92 Å². The van der Waals surface area contributed by atoms with Crippen LogP contribution in [-0.4, -0.2) is 41.3 Å². The fourth-order valence-corrected chi connectivity index (χ4v) is 3.80. The van der Waals surface area contributed by atoms with Crippen molar-refractivity contribution in [2.45, 2.75) is 96.7 Å². The fourth-order valence-electron chi connectivity index (χ4n) is 3.80. The van der Waals surface area contributed by atoms with Gasteiger partial charge in [-0.1, -0.05) is 25.0 Å². The van der Waals surface area contributed by atoms with Gasteiger partial charge >= 0.3 is 5.97 Å². The Bertz CT molecular complexity index is 498. The Labute approximate surface area is 151 Å². The summed E-state index contributed by atoms with van der Waals surface area (Å²) in [4.78, 5) is 11.4. The van der Waals surface area contributed by atoms with E-state index in [1.54, 1.807) is 0 Å². The third-order valence-electron chi connectivity index (χ3n) is 5.51. The maximum atomic E-state index is 11.4. The van der Waals surface area contributed by atoms with Gasteiger partial charge in [-0.2, -0.15) is 0 Å². The number of hydrogen-bond donors (Lipinski definition) is 1. The molecule has 0 saturated carbocycles. The Balaban J connectivity index is 1.84. The molecule has 5 atom stereocenters. The van der Waals surface area contributed by atoms with Crippen molar-refractivity contribution in [1.82, 2.24) is 0 Å². The maximum Gasteiger partial charge on any atom is 0.302 e. The molecular formula is C20H34O5. The number of carbonyl (C=O) groups is 1. The molecule has 0 aromatic carbocycles. The highest BCUT2D eigenvalue weighted by molar-refractivity contribution is 5.66. The monoisotopic (exact) mass is 354 g/mol. The van der Waals surface area contributed by atoms with Crippen LogP contribution < -0.4 is 0 Å². The predicted molar refractivity (Wildman–Crippen MR) is 96.0 cm³/mol. The van der Waals surface area contributed by atoms with Crippen LogP contribution in [-0.2, 0) is 19.0 Å². The van der Waals surface area contributed by atoms with Crippen molar-refractivity contribution in [3.05, 3.63) is 11.6 Å². The van der Waals surface area contributed by atoms with Crippen LogP contribution in [0.1, 0.15) is 73.1 Å². The van der Waals surface area contributed by atoms with Crippen LogP contribution in [0.5, 0.6) is 0 Å². The number of allylic oxidation sites excluding steroid dienone is 1. The molecule has 2 aliphatic heterocycles. The van der Waals surface area contributed by atoms with Gasteiger partial charge in [0.1, 0.15) is 12.7 Å². The van der Waals surface area contributed by atoms with E-state index in [1.165, 1.54) is 12.5 Å². The van der Waals surface area contributed by atoms with Gasteiger partial charge in [0.25, 0.3) is 0 Å². The van der Waals surface area contributed by atoms with Crippen LogP contribution >= 0.6 is 0 Å². The van der Waals surface area contributed by atoms with Gasteiger partial charge < -0.3 is 19.3 Å². The van der Waals surface area contributed by atoms with E-state index in [4.69, 9.17) is 14.2 Å². The molecule has 0 aliphatic carbocycles. The van der Waals surface area contributed by atoms with E-state index in [9.17, 15) is 9.90 Å². The van der Waals surface area contributed by atoms with E-state index in [0.717, 1.165) is 32.1 Å². The lowest BCUT2D eigenvalue weighted by Gasteiger charge is -2.42. The van der Waals surface area contributed by atoms with Gasteiger partial charge in [-0.15, -0.1) is 0 Å². The molecule has 144 valence electrons. The first-order valence-corrected chi connectivity index (χ1v) is 9.48. The summed E-state index contributed by atoms with van der Waals surface area (Å²) in [5, 5.41) is 10.1. The first-order chi connectivity index (χ1) is 11.6. The zero-order valence-corrected chi connectivity index (χ0v) is 16.3. The number of rotatable bonds is 8. The summed E-state index contributed by atoms with van der Waals surface area (Å²) in [6, 6.07) is 0. The van der Waals surface area contributed by atoms with Gasteiger partial charge in [0.05, 0.1) is 11.7 Å². The number of hydrogen-bond acceptors (Lipinski definition) is 5. The number of esters is 1. The third-order valence-corrected chi connectivity index (χ3v) is 5.51. The molecule has 1 N–H and O–H groups in total. The van der Waals surface area contributed by atoms with E-state index in [-0.39, 0.29) is 36.3 Å². The summed E-state index contributed by atoms with van der Waals surface area (Å²) < 4.78 is 17.3. The normalized spacial score (nSPS) is 33.6. The molecule has 0 aromatic heterocycles. The molecule has 5 unspecified atom stereocenters. The van der Waals surface area contributed by atoms with Crippen molar-refractivity contribution in [3.8, 4) is 0 Å². The summed E-state index contributed by atoms with van der Waals surface area (Å²) in [6.07, 6.45) is 7.09. The topological polar surface area (TPSA) is 65.0 Å². The zero-order chi connectivity index (χ0) is 18.7. The van der Waals surface area contributed by atoms with Crippen LogP contribution in [0, 0.1) is 5.92 Å². The molecule has 0 spiro atoms. The molecular weight excluding hydrogens is 320 g/mol. The van der Waals surface area contributed by atoms with E-state index >= 15 is 0 Å². The van der Waals surface area contributed by atoms with Crippen molar-refractivity contribution < 1.29 is 24.1 Å². The minimum Gasteiger partial charge on any atom is -0.462 e. The van der Waals surface area contributed by atoms with Crippen molar-refractivity contribution in [3.63, 3.8) is 0 Å². The summed E-state index contributed by atoms with van der Waals surface area (Å²) in [6.45, 7) is 10.1. The van der Waals surface area contributed by atoms with Gasteiger partial charge in [0, 0.05) is 19.8 Å². The van der Waals surface area contributed by atoms with E-state index in [1.807, 2.05) is 0 Å². The van der Waals surface area contributed by atoms with Gasteiger partial charge in [-0.25, -0.2) is 0 Å². The lowest BCUT2D eigenvalue weighted by molar-refractivity contribution is -0.311. The standard InChI is InChI=1S/C20H34O5/c1-14(2)8-9-17(24-16(4)21)15(3)7-6-11-19(5)18-10-12-20(22,25-18)13-23-19/h8,15,17-18,22H,6-7,9-13H2,1-5H3. The van der Waals surface area contributed by atoms with Gasteiger partial charge in [-0.05, 0) is 46.0 Å². The summed E-state index contributed by atoms with van der Waals surface area (Å²) in [5.74, 6) is -1.00. The number of carbonyl (C=O) groups excluding carboxylic acids is 1. The Morgan fingerprint density at radius 3 is 2.76 bits per heavy atom. The summed E-state index contributed by atoms with van der Waals surface area (Å²) in [5.41, 5.74) is 0.901. The van der Waals surface area contributed by atoms with Crippen LogP contribution in [0.15, 0.2) is 11.6 Å². The molecule has 0 aromatic rings. The SMILES string of the molecule is CC(=O)OC(CC=C(C)C)C(C)CCCC1(C)OCC2(O)CCC1O2. The predicted octanol–water partition coefficient (Wildman–Crippen LogP) is 3.74. The molecule has 5 nitrogen and oxygen atoms in total. The molecule has 25 heavy (non-hydrogen) atoms. The van der Waals surface area contributed by atoms with Crippen LogP contribution in [0.3, 0.4) is 0 Å². The zero-order valence-electron chi connectivity index (χ0n) is 16.3. The molecule has 0 amide bonds. The van der Waals surface area contributed by atoms with Crippen molar-refractivity contribution >= 4 is 5.97 Å². The van der Waals surface area contributed by atoms with Crippen LogP contribution in [0.4, 0.5) is 0 Å². The lowest BCUT2D eigenvalue weighted by atomic mass is 9.87. The second-order valence-electron chi connectivity index (χ2n) is 8.23. The van der Waals surface area contributed by atoms with Crippen molar-refractivity contribution in [1.29, 1.82) is 0 Å². The van der Waals surface area contributed by atoms with E-state index < -0.39 is 5.79 Å². The Morgan fingerprint density at radius 2 is 2.12 bits per heavy atom. The molecule has 2 aliphatic rings. The first-order valence-electron chi connectivity index (χ1n) is 9.48.